The van der Waals surface area contributed by atoms with Gasteiger partial charge in [0.25, 0.3) is 0 Å². The summed E-state index contributed by atoms with van der Waals surface area (Å²) in [6, 6.07) is 17.2. The van der Waals surface area contributed by atoms with E-state index < -0.39 is 0 Å². The zero-order valence-electron chi connectivity index (χ0n) is 9.15. The molecule has 0 aliphatic heterocycles. The summed E-state index contributed by atoms with van der Waals surface area (Å²) in [5, 5.41) is 1.35. The van der Waals surface area contributed by atoms with Crippen molar-refractivity contribution in [1.82, 2.24) is 0 Å². The SMILES string of the molecule is CC([Si]c1ccccc1)c1ccc(F)cc1. The van der Waals surface area contributed by atoms with E-state index in [0.717, 1.165) is 9.52 Å². The first-order valence-corrected chi connectivity index (χ1v) is 6.40. The number of rotatable bonds is 3. The van der Waals surface area contributed by atoms with Crippen LogP contribution in [0.3, 0.4) is 0 Å². The molecular formula is C14H13FSi. The molecule has 2 aromatic rings. The van der Waals surface area contributed by atoms with Gasteiger partial charge in [-0.15, -0.1) is 0 Å². The maximum Gasteiger partial charge on any atom is 0.123 e. The summed E-state index contributed by atoms with van der Waals surface area (Å²) in [5.41, 5.74) is 1.64. The molecule has 0 heterocycles. The highest BCUT2D eigenvalue weighted by molar-refractivity contribution is 6.54. The van der Waals surface area contributed by atoms with Gasteiger partial charge in [-0.25, -0.2) is 4.39 Å². The highest BCUT2D eigenvalue weighted by atomic mass is 28.2. The smallest absolute Gasteiger partial charge is 0.123 e. The lowest BCUT2D eigenvalue weighted by Crippen LogP contribution is -2.19. The summed E-state index contributed by atoms with van der Waals surface area (Å²) in [5.74, 6) is -0.168. The molecule has 0 spiro atoms. The molecule has 2 rings (SSSR count). The molecule has 0 N–H and O–H groups in total. The molecule has 0 saturated heterocycles. The lowest BCUT2D eigenvalue weighted by molar-refractivity contribution is 0.627. The Morgan fingerprint density at radius 3 is 2.19 bits per heavy atom. The molecule has 2 heteroatoms. The van der Waals surface area contributed by atoms with Crippen molar-refractivity contribution >= 4 is 14.7 Å². The van der Waals surface area contributed by atoms with E-state index >= 15 is 0 Å². The van der Waals surface area contributed by atoms with E-state index in [9.17, 15) is 4.39 Å². The van der Waals surface area contributed by atoms with E-state index in [-0.39, 0.29) is 5.82 Å². The van der Waals surface area contributed by atoms with Gasteiger partial charge in [0, 0.05) is 0 Å². The molecule has 80 valence electrons. The van der Waals surface area contributed by atoms with Crippen LogP contribution in [0.5, 0.6) is 0 Å². The zero-order valence-corrected chi connectivity index (χ0v) is 10.2. The van der Waals surface area contributed by atoms with Crippen molar-refractivity contribution in [2.24, 2.45) is 0 Å². The molecule has 2 aromatic carbocycles. The summed E-state index contributed by atoms with van der Waals surface area (Å²) in [6.45, 7) is 2.18. The van der Waals surface area contributed by atoms with Gasteiger partial charge in [0.15, 0.2) is 0 Å². The Morgan fingerprint density at radius 1 is 0.938 bits per heavy atom. The third-order valence-corrected chi connectivity index (χ3v) is 3.96. The Bertz CT molecular complexity index is 436. The van der Waals surface area contributed by atoms with E-state index in [1.165, 1.54) is 22.9 Å². The van der Waals surface area contributed by atoms with Crippen LogP contribution in [0.4, 0.5) is 4.39 Å². The van der Waals surface area contributed by atoms with Crippen molar-refractivity contribution in [3.05, 3.63) is 66.0 Å². The second-order valence-corrected chi connectivity index (χ2v) is 5.52. The van der Waals surface area contributed by atoms with Crippen LogP contribution in [0.25, 0.3) is 0 Å². The van der Waals surface area contributed by atoms with Gasteiger partial charge < -0.3 is 0 Å². The molecule has 2 radical (unpaired) electrons. The molecule has 0 bridgehead atoms. The second-order valence-electron chi connectivity index (χ2n) is 3.78. The van der Waals surface area contributed by atoms with Gasteiger partial charge in [-0.3, -0.25) is 0 Å². The first kappa shape index (κ1) is 11.1. The minimum absolute atomic E-state index is 0.168. The Balaban J connectivity index is 2.09. The molecule has 1 atom stereocenters. The topological polar surface area (TPSA) is 0 Å². The van der Waals surface area contributed by atoms with Gasteiger partial charge in [-0.05, 0) is 23.2 Å². The number of hydrogen-bond acceptors (Lipinski definition) is 0. The second kappa shape index (κ2) is 5.08. The fourth-order valence-corrected chi connectivity index (χ4v) is 2.86. The molecular weight excluding hydrogens is 215 g/mol. The average Bonchev–Trinajstić information content (AvgIpc) is 2.31. The molecule has 1 unspecified atom stereocenters. The number of hydrogen-bond donors (Lipinski definition) is 0. The van der Waals surface area contributed by atoms with Gasteiger partial charge in [-0.2, -0.15) is 0 Å². The Hall–Kier alpha value is -1.41. The van der Waals surface area contributed by atoms with Crippen LogP contribution >= 0.6 is 0 Å². The molecule has 0 saturated carbocycles. The summed E-state index contributed by atoms with van der Waals surface area (Å²) in [4.78, 5) is 0. The van der Waals surface area contributed by atoms with Gasteiger partial charge in [0.2, 0.25) is 0 Å². The van der Waals surface area contributed by atoms with Crippen LogP contribution in [-0.2, 0) is 0 Å². The lowest BCUT2D eigenvalue weighted by Gasteiger charge is -2.10. The van der Waals surface area contributed by atoms with E-state index in [4.69, 9.17) is 0 Å². The maximum absolute atomic E-state index is 12.8. The van der Waals surface area contributed by atoms with Crippen LogP contribution in [0, 0.1) is 5.82 Å². The van der Waals surface area contributed by atoms with E-state index in [1.807, 2.05) is 18.2 Å². The summed E-state index contributed by atoms with van der Waals surface area (Å²) in [7, 11) is 0.730. The summed E-state index contributed by atoms with van der Waals surface area (Å²) in [6.07, 6.45) is 0. The number of halogens is 1. The van der Waals surface area contributed by atoms with Crippen LogP contribution in [0.2, 0.25) is 0 Å². The highest BCUT2D eigenvalue weighted by Crippen LogP contribution is 2.13. The third kappa shape index (κ3) is 2.80. The van der Waals surface area contributed by atoms with Crippen molar-refractivity contribution in [2.45, 2.75) is 12.5 Å². The van der Waals surface area contributed by atoms with Crippen molar-refractivity contribution in [2.75, 3.05) is 0 Å². The first-order chi connectivity index (χ1) is 7.75. The quantitative estimate of drug-likeness (QED) is 0.709. The molecule has 0 nitrogen and oxygen atoms in total. The predicted octanol–water partition coefficient (Wildman–Crippen LogP) is 2.92. The third-order valence-electron chi connectivity index (χ3n) is 2.53. The van der Waals surface area contributed by atoms with Crippen molar-refractivity contribution in [3.8, 4) is 0 Å². The summed E-state index contributed by atoms with van der Waals surface area (Å²) < 4.78 is 12.8. The van der Waals surface area contributed by atoms with E-state index in [2.05, 4.69) is 31.2 Å². The van der Waals surface area contributed by atoms with Crippen LogP contribution in [0.1, 0.15) is 18.0 Å². The van der Waals surface area contributed by atoms with Crippen LogP contribution in [-0.4, -0.2) is 9.52 Å². The fraction of sp³-hybridized carbons (Fsp3) is 0.143. The van der Waals surface area contributed by atoms with Crippen molar-refractivity contribution < 1.29 is 4.39 Å². The first-order valence-electron chi connectivity index (χ1n) is 5.33. The molecule has 0 amide bonds. The molecule has 0 aliphatic rings. The highest BCUT2D eigenvalue weighted by Gasteiger charge is 2.07. The monoisotopic (exact) mass is 228 g/mol. The molecule has 0 aromatic heterocycles. The largest absolute Gasteiger partial charge is 0.207 e. The summed E-state index contributed by atoms with van der Waals surface area (Å²) >= 11 is 0. The predicted molar refractivity (Wildman–Crippen MR) is 66.6 cm³/mol. The van der Waals surface area contributed by atoms with E-state index in [0.29, 0.717) is 5.54 Å². The average molecular weight is 228 g/mol. The molecule has 0 fully saturated rings. The van der Waals surface area contributed by atoms with Crippen molar-refractivity contribution in [1.29, 1.82) is 0 Å². The Labute approximate surface area is 98.0 Å². The zero-order chi connectivity index (χ0) is 11.4. The Kier molecular flexibility index (Phi) is 3.52. The lowest BCUT2D eigenvalue weighted by atomic mass is 10.2. The standard InChI is InChI=1S/C14H13FSi/c1-11(12-7-9-13(15)10-8-12)16-14-5-3-2-4-6-14/h2-11H,1H3. The van der Waals surface area contributed by atoms with Crippen molar-refractivity contribution in [3.63, 3.8) is 0 Å². The maximum atomic E-state index is 12.8. The minimum Gasteiger partial charge on any atom is -0.207 e. The van der Waals surface area contributed by atoms with Gasteiger partial charge in [0.1, 0.15) is 5.82 Å². The Morgan fingerprint density at radius 2 is 1.56 bits per heavy atom. The van der Waals surface area contributed by atoms with Crippen LogP contribution in [0.15, 0.2) is 54.6 Å². The minimum atomic E-state index is -0.168. The van der Waals surface area contributed by atoms with Gasteiger partial charge >= 0.3 is 0 Å². The van der Waals surface area contributed by atoms with Gasteiger partial charge in [0.05, 0.1) is 9.52 Å². The van der Waals surface area contributed by atoms with Crippen LogP contribution < -0.4 is 5.19 Å². The van der Waals surface area contributed by atoms with Gasteiger partial charge in [-0.1, -0.05) is 54.6 Å². The fourth-order valence-electron chi connectivity index (χ4n) is 1.62. The number of benzene rings is 2. The van der Waals surface area contributed by atoms with E-state index in [1.54, 1.807) is 0 Å². The molecule has 0 aliphatic carbocycles. The molecule has 16 heavy (non-hydrogen) atoms. The normalized spacial score (nSPS) is 12.4.